The summed E-state index contributed by atoms with van der Waals surface area (Å²) in [5, 5.41) is 7.48. The predicted molar refractivity (Wildman–Crippen MR) is 247 cm³/mol. The van der Waals surface area contributed by atoms with Gasteiger partial charge >= 0.3 is 0 Å². The number of benzene rings is 10. The van der Waals surface area contributed by atoms with Crippen LogP contribution in [-0.4, -0.2) is 4.57 Å². The number of fused-ring (bicyclic) bond motifs is 6. The van der Waals surface area contributed by atoms with Crippen LogP contribution in [0.25, 0.3) is 82.4 Å². The van der Waals surface area contributed by atoms with E-state index < -0.39 is 0 Å². The zero-order valence-corrected chi connectivity index (χ0v) is 31.8. The van der Waals surface area contributed by atoms with Crippen molar-refractivity contribution in [3.8, 4) is 39.1 Å². The molecule has 11 aromatic rings. The van der Waals surface area contributed by atoms with Crippen molar-refractivity contribution in [1.29, 1.82) is 0 Å². The molecule has 11 rings (SSSR count). The molecule has 272 valence electrons. The van der Waals surface area contributed by atoms with Crippen molar-refractivity contribution in [3.63, 3.8) is 0 Å². The Kier molecular flexibility index (Phi) is 8.19. The molecule has 0 N–H and O–H groups in total. The third-order valence-corrected chi connectivity index (χ3v) is 11.5. The van der Waals surface area contributed by atoms with Gasteiger partial charge in [-0.25, -0.2) is 0 Å². The third kappa shape index (κ3) is 5.82. The molecule has 0 unspecified atom stereocenters. The standard InChI is InChI=1S/C56H38N2/c1-3-13-39(14-4-1)41-27-32-48(33-28-41)57(49-34-29-42(30-35-49)45-26-25-40-15-7-8-17-44(40)37-45)50-21-11-18-46(38-50)51-23-12-24-54-55(51)53-36-31-43-16-9-10-22-52(43)56(53)58(54)47-19-5-2-6-20-47/h1-38H. The second-order valence-electron chi connectivity index (χ2n) is 15.0. The minimum atomic E-state index is 1.10. The van der Waals surface area contributed by atoms with Gasteiger partial charge in [-0.05, 0) is 110 Å². The van der Waals surface area contributed by atoms with Crippen molar-refractivity contribution in [2.24, 2.45) is 0 Å². The van der Waals surface area contributed by atoms with Crippen molar-refractivity contribution in [3.05, 3.63) is 231 Å². The molecule has 0 aliphatic heterocycles. The zero-order chi connectivity index (χ0) is 38.4. The molecular formula is C56H38N2. The minimum absolute atomic E-state index is 1.10. The van der Waals surface area contributed by atoms with Crippen LogP contribution in [-0.2, 0) is 0 Å². The van der Waals surface area contributed by atoms with E-state index >= 15 is 0 Å². The molecule has 1 heterocycles. The van der Waals surface area contributed by atoms with Gasteiger partial charge in [-0.3, -0.25) is 0 Å². The van der Waals surface area contributed by atoms with Crippen molar-refractivity contribution in [1.82, 2.24) is 4.57 Å². The number of hydrogen-bond acceptors (Lipinski definition) is 1. The van der Waals surface area contributed by atoms with E-state index in [1.165, 1.54) is 76.7 Å². The molecule has 0 bridgehead atoms. The van der Waals surface area contributed by atoms with Crippen molar-refractivity contribution in [2.75, 3.05) is 4.90 Å². The predicted octanol–water partition coefficient (Wildman–Crippen LogP) is 15.6. The van der Waals surface area contributed by atoms with Gasteiger partial charge in [0.2, 0.25) is 0 Å². The van der Waals surface area contributed by atoms with Crippen molar-refractivity contribution >= 4 is 60.4 Å². The Morgan fingerprint density at radius 1 is 0.310 bits per heavy atom. The summed E-state index contributed by atoms with van der Waals surface area (Å²) < 4.78 is 2.44. The van der Waals surface area contributed by atoms with E-state index in [1.807, 2.05) is 0 Å². The number of aromatic nitrogens is 1. The number of nitrogens with zero attached hydrogens (tertiary/aromatic N) is 2. The highest BCUT2D eigenvalue weighted by Gasteiger charge is 2.20. The lowest BCUT2D eigenvalue weighted by atomic mass is 9.97. The average Bonchev–Trinajstić information content (AvgIpc) is 3.65. The molecule has 0 atom stereocenters. The maximum absolute atomic E-state index is 2.44. The lowest BCUT2D eigenvalue weighted by molar-refractivity contribution is 1.19. The van der Waals surface area contributed by atoms with Crippen LogP contribution in [0.15, 0.2) is 231 Å². The molecule has 2 nitrogen and oxygen atoms in total. The van der Waals surface area contributed by atoms with Crippen LogP contribution in [0.3, 0.4) is 0 Å². The SMILES string of the molecule is c1ccc(-c2ccc(N(c3ccc(-c4ccc5ccccc5c4)cc3)c3cccc(-c4cccc5c4c4ccc6ccccc6c4n5-c4ccccc4)c3)cc2)cc1. The number of para-hydroxylation sites is 1. The fraction of sp³-hybridized carbons (Fsp3) is 0. The first kappa shape index (κ1) is 33.6. The first-order valence-corrected chi connectivity index (χ1v) is 19.9. The van der Waals surface area contributed by atoms with E-state index in [2.05, 4.69) is 240 Å². The number of anilines is 3. The van der Waals surface area contributed by atoms with Gasteiger partial charge in [0.1, 0.15) is 0 Å². The topological polar surface area (TPSA) is 8.17 Å². The van der Waals surface area contributed by atoms with Gasteiger partial charge in [-0.15, -0.1) is 0 Å². The van der Waals surface area contributed by atoms with Crippen LogP contribution < -0.4 is 4.90 Å². The first-order valence-electron chi connectivity index (χ1n) is 19.9. The molecule has 10 aromatic carbocycles. The van der Waals surface area contributed by atoms with E-state index in [0.717, 1.165) is 22.7 Å². The molecule has 0 saturated carbocycles. The second-order valence-corrected chi connectivity index (χ2v) is 15.0. The Morgan fingerprint density at radius 2 is 0.879 bits per heavy atom. The summed E-state index contributed by atoms with van der Waals surface area (Å²) in [4.78, 5) is 2.38. The molecule has 0 aliphatic rings. The highest BCUT2D eigenvalue weighted by atomic mass is 15.1. The molecule has 0 radical (unpaired) electrons. The number of hydrogen-bond donors (Lipinski definition) is 0. The Hall–Kier alpha value is -7.68. The van der Waals surface area contributed by atoms with Gasteiger partial charge in [0.15, 0.2) is 0 Å². The van der Waals surface area contributed by atoms with Crippen LogP contribution in [0.4, 0.5) is 17.1 Å². The zero-order valence-electron chi connectivity index (χ0n) is 31.8. The molecule has 58 heavy (non-hydrogen) atoms. The molecule has 0 fully saturated rings. The van der Waals surface area contributed by atoms with Crippen LogP contribution in [0.1, 0.15) is 0 Å². The number of rotatable bonds is 7. The second kappa shape index (κ2) is 14.1. The van der Waals surface area contributed by atoms with Crippen LogP contribution in [0.2, 0.25) is 0 Å². The third-order valence-electron chi connectivity index (χ3n) is 11.5. The lowest BCUT2D eigenvalue weighted by Gasteiger charge is -2.26. The summed E-state index contributed by atoms with van der Waals surface area (Å²) in [5.41, 5.74) is 14.0. The van der Waals surface area contributed by atoms with Gasteiger partial charge in [0.25, 0.3) is 0 Å². The Bertz CT molecular complexity index is 3250. The van der Waals surface area contributed by atoms with E-state index in [9.17, 15) is 0 Å². The summed E-state index contributed by atoms with van der Waals surface area (Å²) in [7, 11) is 0. The maximum atomic E-state index is 2.44. The lowest BCUT2D eigenvalue weighted by Crippen LogP contribution is -2.10. The Balaban J connectivity index is 1.07. The van der Waals surface area contributed by atoms with Crippen LogP contribution in [0, 0.1) is 0 Å². The maximum Gasteiger partial charge on any atom is 0.0619 e. The normalized spacial score (nSPS) is 11.4. The van der Waals surface area contributed by atoms with Gasteiger partial charge in [-0.2, -0.15) is 0 Å². The summed E-state index contributed by atoms with van der Waals surface area (Å²) in [6.45, 7) is 0. The van der Waals surface area contributed by atoms with Crippen molar-refractivity contribution < 1.29 is 0 Å². The van der Waals surface area contributed by atoms with E-state index in [1.54, 1.807) is 0 Å². The monoisotopic (exact) mass is 738 g/mol. The molecule has 0 aliphatic carbocycles. The molecule has 1 aromatic heterocycles. The fourth-order valence-electron chi connectivity index (χ4n) is 8.78. The fourth-order valence-corrected chi connectivity index (χ4v) is 8.78. The highest BCUT2D eigenvalue weighted by molar-refractivity contribution is 6.22. The Morgan fingerprint density at radius 3 is 1.64 bits per heavy atom. The van der Waals surface area contributed by atoms with E-state index in [0.29, 0.717) is 0 Å². The van der Waals surface area contributed by atoms with Crippen molar-refractivity contribution in [2.45, 2.75) is 0 Å². The minimum Gasteiger partial charge on any atom is -0.310 e. The summed E-state index contributed by atoms with van der Waals surface area (Å²) in [6, 6.07) is 83.7. The van der Waals surface area contributed by atoms with E-state index in [4.69, 9.17) is 0 Å². The smallest absolute Gasteiger partial charge is 0.0619 e. The summed E-state index contributed by atoms with van der Waals surface area (Å²) in [6.07, 6.45) is 0. The summed E-state index contributed by atoms with van der Waals surface area (Å²) >= 11 is 0. The van der Waals surface area contributed by atoms with Gasteiger partial charge in [-0.1, -0.05) is 170 Å². The molecule has 2 heteroatoms. The quantitative estimate of drug-likeness (QED) is 0.158. The molecular weight excluding hydrogens is 701 g/mol. The highest BCUT2D eigenvalue weighted by Crippen LogP contribution is 2.43. The first-order chi connectivity index (χ1) is 28.8. The largest absolute Gasteiger partial charge is 0.310 e. The summed E-state index contributed by atoms with van der Waals surface area (Å²) in [5.74, 6) is 0. The van der Waals surface area contributed by atoms with Gasteiger partial charge < -0.3 is 9.47 Å². The Labute approximate surface area is 338 Å². The molecule has 0 amide bonds. The van der Waals surface area contributed by atoms with E-state index in [-0.39, 0.29) is 0 Å². The van der Waals surface area contributed by atoms with Gasteiger partial charge in [0, 0.05) is 38.9 Å². The molecule has 0 spiro atoms. The van der Waals surface area contributed by atoms with Crippen LogP contribution >= 0.6 is 0 Å². The van der Waals surface area contributed by atoms with Crippen LogP contribution in [0.5, 0.6) is 0 Å². The average molecular weight is 739 g/mol. The molecule has 0 saturated heterocycles. The van der Waals surface area contributed by atoms with Gasteiger partial charge in [0.05, 0.1) is 11.0 Å².